The van der Waals surface area contributed by atoms with Crippen LogP contribution in [0.4, 0.5) is 0 Å². The van der Waals surface area contributed by atoms with Gasteiger partial charge in [0.1, 0.15) is 19.3 Å². The van der Waals surface area contributed by atoms with Crippen LogP contribution in [-0.2, 0) is 23.1 Å². The van der Waals surface area contributed by atoms with Crippen molar-refractivity contribution in [1.82, 2.24) is 0 Å². The number of phosphoric ester groups is 1. The Labute approximate surface area is 263 Å². The molecule has 0 aliphatic rings. The Balaban J connectivity index is 2.32. The summed E-state index contributed by atoms with van der Waals surface area (Å²) in [5.74, 6) is -0.546. The zero-order valence-electron chi connectivity index (χ0n) is 26.0. The van der Waals surface area contributed by atoms with Gasteiger partial charge in [-0.3, -0.25) is 4.57 Å². The first-order chi connectivity index (χ1) is 19.5. The van der Waals surface area contributed by atoms with Gasteiger partial charge in [0.05, 0.1) is 39.9 Å². The van der Waals surface area contributed by atoms with Gasteiger partial charge in [-0.05, 0) is 41.1 Å². The predicted octanol–water partition coefficient (Wildman–Crippen LogP) is 7.52. The van der Waals surface area contributed by atoms with Gasteiger partial charge in [-0.1, -0.05) is 103 Å². The molecule has 10 heteroatoms. The van der Waals surface area contributed by atoms with Crippen LogP contribution in [0.3, 0.4) is 0 Å². The number of rotatable bonds is 26. The van der Waals surface area contributed by atoms with Crippen molar-refractivity contribution in [2.75, 3.05) is 54.1 Å². The van der Waals surface area contributed by atoms with Crippen LogP contribution < -0.4 is 4.89 Å². The molecule has 1 aromatic rings. The van der Waals surface area contributed by atoms with Crippen LogP contribution in [0, 0.1) is 3.57 Å². The average Bonchev–Trinajstić information content (AvgIpc) is 2.90. The summed E-state index contributed by atoms with van der Waals surface area (Å²) in [5, 5.41) is 0. The van der Waals surface area contributed by atoms with Crippen molar-refractivity contribution in [1.29, 1.82) is 0 Å². The molecule has 238 valence electrons. The highest BCUT2D eigenvalue weighted by Crippen LogP contribution is 2.38. The molecule has 0 saturated carbocycles. The minimum Gasteiger partial charge on any atom is -0.756 e. The number of benzene rings is 1. The Morgan fingerprint density at radius 1 is 0.829 bits per heavy atom. The van der Waals surface area contributed by atoms with Crippen molar-refractivity contribution in [3.05, 3.63) is 33.4 Å². The topological polar surface area (TPSA) is 94.1 Å². The van der Waals surface area contributed by atoms with Crippen molar-refractivity contribution in [3.8, 4) is 0 Å². The van der Waals surface area contributed by atoms with E-state index >= 15 is 0 Å². The second-order valence-corrected chi connectivity index (χ2v) is 14.3. The Hall–Kier alpha value is -0.550. The Kier molecular flexibility index (Phi) is 21.5. The van der Waals surface area contributed by atoms with E-state index in [1.807, 2.05) is 33.3 Å². The molecule has 0 aliphatic heterocycles. The largest absolute Gasteiger partial charge is 0.756 e. The molecule has 0 bridgehead atoms. The third-order valence-electron chi connectivity index (χ3n) is 6.74. The predicted molar refractivity (Wildman–Crippen MR) is 172 cm³/mol. The summed E-state index contributed by atoms with van der Waals surface area (Å²) >= 11 is 2.07. The van der Waals surface area contributed by atoms with Crippen LogP contribution in [0.1, 0.15) is 107 Å². The lowest BCUT2D eigenvalue weighted by molar-refractivity contribution is -0.870. The van der Waals surface area contributed by atoms with E-state index in [-0.39, 0.29) is 19.8 Å². The summed E-state index contributed by atoms with van der Waals surface area (Å²) in [4.78, 5) is 25.0. The van der Waals surface area contributed by atoms with Crippen molar-refractivity contribution in [3.63, 3.8) is 0 Å². The van der Waals surface area contributed by atoms with Gasteiger partial charge in [0.2, 0.25) is 0 Å². The number of esters is 1. The molecule has 0 aromatic heterocycles. The van der Waals surface area contributed by atoms with Crippen molar-refractivity contribution in [2.24, 2.45) is 0 Å². The summed E-state index contributed by atoms with van der Waals surface area (Å²) in [7, 11) is 1.28. The van der Waals surface area contributed by atoms with E-state index in [1.165, 1.54) is 77.0 Å². The van der Waals surface area contributed by atoms with Crippen LogP contribution in [0.15, 0.2) is 24.3 Å². The van der Waals surface area contributed by atoms with Crippen LogP contribution in [0.2, 0.25) is 0 Å². The van der Waals surface area contributed by atoms with Crippen LogP contribution in [0.25, 0.3) is 0 Å². The average molecular weight is 712 g/mol. The second-order valence-electron chi connectivity index (χ2n) is 11.8. The fraction of sp³-hybridized carbons (Fsp3) is 0.774. The first-order valence-electron chi connectivity index (χ1n) is 15.5. The Morgan fingerprint density at radius 2 is 1.37 bits per heavy atom. The number of nitrogens with zero attached hydrogens (tertiary/aromatic N) is 1. The van der Waals surface area contributed by atoms with Crippen molar-refractivity contribution >= 4 is 36.4 Å². The lowest BCUT2D eigenvalue weighted by Crippen LogP contribution is -2.37. The van der Waals surface area contributed by atoms with Gasteiger partial charge in [0.25, 0.3) is 7.82 Å². The summed E-state index contributed by atoms with van der Waals surface area (Å²) in [6.45, 7) is 2.97. The summed E-state index contributed by atoms with van der Waals surface area (Å²) in [5.41, 5.74) is 0.412. The lowest BCUT2D eigenvalue weighted by atomic mass is 10.0. The van der Waals surface area contributed by atoms with E-state index in [1.54, 1.807) is 12.1 Å². The molecule has 1 aromatic carbocycles. The zero-order valence-corrected chi connectivity index (χ0v) is 29.0. The van der Waals surface area contributed by atoms with Gasteiger partial charge in [0.15, 0.2) is 0 Å². The number of quaternary nitrogens is 1. The summed E-state index contributed by atoms with van der Waals surface area (Å²) < 4.78 is 34.9. The van der Waals surface area contributed by atoms with E-state index < -0.39 is 19.9 Å². The first-order valence-corrected chi connectivity index (χ1v) is 18.0. The minimum absolute atomic E-state index is 0.00652. The fourth-order valence-electron chi connectivity index (χ4n) is 4.21. The maximum absolute atomic E-state index is 12.7. The number of unbranched alkanes of at least 4 members (excludes halogenated alkanes) is 13. The number of carbonyl (C=O) groups excluding carboxylic acids is 1. The number of ether oxygens (including phenoxy) is 2. The number of likely N-dealkylation sites (N-methyl/N-ethyl adjacent to an activating group) is 1. The number of halogens is 1. The van der Waals surface area contributed by atoms with Gasteiger partial charge in [-0.25, -0.2) is 4.79 Å². The maximum atomic E-state index is 12.7. The standard InChI is InChI=1S/C31H55INO7P/c1-5-6-7-8-9-10-11-12-13-14-15-16-17-20-24-37-26-28(40-31(34)29-21-18-19-22-30(29)32)27-39-41(35,36)38-25-23-33(2,3)4/h18-19,21-22,28H,5-17,20,23-27H2,1-4H3. The van der Waals surface area contributed by atoms with Gasteiger partial charge < -0.3 is 27.9 Å². The van der Waals surface area contributed by atoms with E-state index in [9.17, 15) is 14.3 Å². The molecule has 0 aliphatic carbocycles. The minimum atomic E-state index is -4.54. The van der Waals surface area contributed by atoms with Crippen LogP contribution in [-0.4, -0.2) is 70.7 Å². The SMILES string of the molecule is CCCCCCCCCCCCCCCCOCC(COP(=O)([O-])OCC[N+](C)(C)C)OC(=O)c1ccccc1I. The molecule has 0 radical (unpaired) electrons. The van der Waals surface area contributed by atoms with Gasteiger partial charge >= 0.3 is 5.97 Å². The zero-order chi connectivity index (χ0) is 30.4. The molecule has 41 heavy (non-hydrogen) atoms. The van der Waals surface area contributed by atoms with Crippen molar-refractivity contribution < 1.29 is 37.3 Å². The lowest BCUT2D eigenvalue weighted by Gasteiger charge is -2.28. The monoisotopic (exact) mass is 711 g/mol. The quantitative estimate of drug-likeness (QED) is 0.0323. The maximum Gasteiger partial charge on any atom is 0.339 e. The third kappa shape index (κ3) is 21.7. The Morgan fingerprint density at radius 3 is 1.90 bits per heavy atom. The highest BCUT2D eigenvalue weighted by molar-refractivity contribution is 14.1. The molecular weight excluding hydrogens is 656 g/mol. The van der Waals surface area contributed by atoms with E-state index in [4.69, 9.17) is 18.5 Å². The van der Waals surface area contributed by atoms with E-state index in [0.717, 1.165) is 16.4 Å². The highest BCUT2D eigenvalue weighted by Gasteiger charge is 2.22. The molecule has 0 spiro atoms. The second kappa shape index (κ2) is 22.9. The van der Waals surface area contributed by atoms with Crippen LogP contribution in [0.5, 0.6) is 0 Å². The molecule has 0 amide bonds. The molecule has 0 heterocycles. The number of carbonyl (C=O) groups is 1. The number of phosphoric acid groups is 1. The molecule has 8 nitrogen and oxygen atoms in total. The normalized spacial score (nSPS) is 14.1. The smallest absolute Gasteiger partial charge is 0.339 e. The fourth-order valence-corrected chi connectivity index (χ4v) is 5.55. The summed E-state index contributed by atoms with van der Waals surface area (Å²) in [6, 6.07) is 7.07. The molecule has 0 fully saturated rings. The first kappa shape index (κ1) is 38.5. The van der Waals surface area contributed by atoms with E-state index in [0.29, 0.717) is 23.2 Å². The van der Waals surface area contributed by atoms with Crippen LogP contribution >= 0.6 is 30.4 Å². The molecule has 0 saturated heterocycles. The highest BCUT2D eigenvalue weighted by atomic mass is 127. The third-order valence-corrected chi connectivity index (χ3v) is 8.65. The van der Waals surface area contributed by atoms with Gasteiger partial charge in [-0.2, -0.15) is 0 Å². The van der Waals surface area contributed by atoms with Gasteiger partial charge in [-0.15, -0.1) is 0 Å². The molecule has 0 N–H and O–H groups in total. The van der Waals surface area contributed by atoms with Crippen molar-refractivity contribution in [2.45, 2.75) is 103 Å². The molecule has 1 rings (SSSR count). The Bertz CT molecular complexity index is 865. The number of hydrogen-bond acceptors (Lipinski definition) is 7. The summed E-state index contributed by atoms with van der Waals surface area (Å²) in [6.07, 6.45) is 17.1. The molecular formula is C31H55INO7P. The van der Waals surface area contributed by atoms with Gasteiger partial charge in [0, 0.05) is 10.2 Å². The van der Waals surface area contributed by atoms with E-state index in [2.05, 4.69) is 29.5 Å². The molecule has 2 atom stereocenters. The molecule has 2 unspecified atom stereocenters. The number of hydrogen-bond donors (Lipinski definition) is 0.